The summed E-state index contributed by atoms with van der Waals surface area (Å²) < 4.78 is 14.7. The number of aryl methyl sites for hydroxylation is 1. The quantitative estimate of drug-likeness (QED) is 0.617. The van der Waals surface area contributed by atoms with Gasteiger partial charge in [-0.3, -0.25) is 0 Å². The summed E-state index contributed by atoms with van der Waals surface area (Å²) in [5.41, 5.74) is 2.70. The Bertz CT molecular complexity index is 688. The standard InChI is InChI=1S/C14H10FNS/c1-9-6-7-12-13(8-9)17-14(16-12)10-4-2-3-5-11(10)15/h2-8H,1H3. The number of aromatic nitrogens is 1. The van der Waals surface area contributed by atoms with Gasteiger partial charge in [-0.1, -0.05) is 18.2 Å². The molecule has 2 aromatic carbocycles. The Kier molecular flexibility index (Phi) is 2.41. The van der Waals surface area contributed by atoms with Gasteiger partial charge in [-0.25, -0.2) is 9.37 Å². The average molecular weight is 243 g/mol. The molecule has 0 bridgehead atoms. The highest BCUT2D eigenvalue weighted by Gasteiger charge is 2.09. The van der Waals surface area contributed by atoms with E-state index >= 15 is 0 Å². The molecule has 0 saturated carbocycles. The maximum absolute atomic E-state index is 13.6. The minimum absolute atomic E-state index is 0.219. The fourth-order valence-electron chi connectivity index (χ4n) is 1.78. The summed E-state index contributed by atoms with van der Waals surface area (Å²) in [4.78, 5) is 4.46. The van der Waals surface area contributed by atoms with Crippen LogP contribution in [0.3, 0.4) is 0 Å². The normalized spacial score (nSPS) is 10.9. The van der Waals surface area contributed by atoms with E-state index in [1.807, 2.05) is 25.1 Å². The van der Waals surface area contributed by atoms with Gasteiger partial charge in [0.05, 0.1) is 10.2 Å². The van der Waals surface area contributed by atoms with Crippen molar-refractivity contribution in [1.29, 1.82) is 0 Å². The third-order valence-corrected chi connectivity index (χ3v) is 3.70. The van der Waals surface area contributed by atoms with Crippen molar-refractivity contribution in [3.63, 3.8) is 0 Å². The van der Waals surface area contributed by atoms with Crippen molar-refractivity contribution in [2.24, 2.45) is 0 Å². The number of fused-ring (bicyclic) bond motifs is 1. The van der Waals surface area contributed by atoms with E-state index in [9.17, 15) is 4.39 Å². The van der Waals surface area contributed by atoms with E-state index in [0.29, 0.717) is 5.56 Å². The first-order valence-electron chi connectivity index (χ1n) is 5.36. The largest absolute Gasteiger partial charge is 0.236 e. The van der Waals surface area contributed by atoms with Crippen molar-refractivity contribution >= 4 is 21.6 Å². The SMILES string of the molecule is Cc1ccc2nc(-c3ccccc3F)sc2c1. The Morgan fingerprint density at radius 3 is 2.76 bits per heavy atom. The number of hydrogen-bond donors (Lipinski definition) is 0. The molecule has 84 valence electrons. The number of hydrogen-bond acceptors (Lipinski definition) is 2. The van der Waals surface area contributed by atoms with E-state index < -0.39 is 0 Å². The van der Waals surface area contributed by atoms with Crippen molar-refractivity contribution in [2.45, 2.75) is 6.92 Å². The van der Waals surface area contributed by atoms with Crippen LogP contribution in [0, 0.1) is 12.7 Å². The zero-order valence-electron chi connectivity index (χ0n) is 9.27. The van der Waals surface area contributed by atoms with E-state index in [-0.39, 0.29) is 5.82 Å². The molecule has 0 aliphatic rings. The second-order valence-electron chi connectivity index (χ2n) is 3.97. The van der Waals surface area contributed by atoms with Gasteiger partial charge in [0.25, 0.3) is 0 Å². The van der Waals surface area contributed by atoms with Crippen LogP contribution in [0.2, 0.25) is 0 Å². The van der Waals surface area contributed by atoms with Crippen molar-refractivity contribution in [1.82, 2.24) is 4.98 Å². The van der Waals surface area contributed by atoms with Gasteiger partial charge in [-0.2, -0.15) is 0 Å². The van der Waals surface area contributed by atoms with Gasteiger partial charge < -0.3 is 0 Å². The number of halogens is 1. The lowest BCUT2D eigenvalue weighted by atomic mass is 10.2. The number of rotatable bonds is 1. The van der Waals surface area contributed by atoms with E-state index in [4.69, 9.17) is 0 Å². The average Bonchev–Trinajstić information content (AvgIpc) is 2.72. The molecule has 0 fully saturated rings. The first-order chi connectivity index (χ1) is 8.24. The Morgan fingerprint density at radius 1 is 1.12 bits per heavy atom. The molecule has 0 aliphatic carbocycles. The minimum atomic E-state index is -0.219. The van der Waals surface area contributed by atoms with Crippen molar-refractivity contribution in [3.8, 4) is 10.6 Å². The summed E-state index contributed by atoms with van der Waals surface area (Å²) >= 11 is 1.53. The monoisotopic (exact) mass is 243 g/mol. The third kappa shape index (κ3) is 1.83. The van der Waals surface area contributed by atoms with E-state index in [2.05, 4.69) is 11.1 Å². The van der Waals surface area contributed by atoms with Gasteiger partial charge in [-0.05, 0) is 36.8 Å². The van der Waals surface area contributed by atoms with Gasteiger partial charge in [0, 0.05) is 5.56 Å². The molecular weight excluding hydrogens is 233 g/mol. The smallest absolute Gasteiger partial charge is 0.133 e. The Morgan fingerprint density at radius 2 is 1.94 bits per heavy atom. The molecule has 0 N–H and O–H groups in total. The molecule has 0 aliphatic heterocycles. The molecule has 3 aromatic rings. The van der Waals surface area contributed by atoms with Crippen LogP contribution in [0.4, 0.5) is 4.39 Å². The van der Waals surface area contributed by atoms with Crippen LogP contribution in [0.25, 0.3) is 20.8 Å². The Labute approximate surface area is 103 Å². The van der Waals surface area contributed by atoms with Crippen molar-refractivity contribution in [2.75, 3.05) is 0 Å². The predicted octanol–water partition coefficient (Wildman–Crippen LogP) is 4.41. The summed E-state index contributed by atoms with van der Waals surface area (Å²) in [7, 11) is 0. The Hall–Kier alpha value is -1.74. The van der Waals surface area contributed by atoms with Gasteiger partial charge >= 0.3 is 0 Å². The van der Waals surface area contributed by atoms with Crippen LogP contribution < -0.4 is 0 Å². The van der Waals surface area contributed by atoms with Gasteiger partial charge in [0.15, 0.2) is 0 Å². The van der Waals surface area contributed by atoms with Crippen LogP contribution in [0.5, 0.6) is 0 Å². The highest BCUT2D eigenvalue weighted by Crippen LogP contribution is 2.31. The lowest BCUT2D eigenvalue weighted by molar-refractivity contribution is 0.631. The Balaban J connectivity index is 2.22. The third-order valence-electron chi connectivity index (χ3n) is 2.65. The van der Waals surface area contributed by atoms with Gasteiger partial charge in [-0.15, -0.1) is 11.3 Å². The number of nitrogens with zero attached hydrogens (tertiary/aromatic N) is 1. The molecule has 0 unspecified atom stereocenters. The molecule has 0 saturated heterocycles. The van der Waals surface area contributed by atoms with Crippen LogP contribution in [0.15, 0.2) is 42.5 Å². The van der Waals surface area contributed by atoms with Gasteiger partial charge in [0.2, 0.25) is 0 Å². The number of benzene rings is 2. The minimum Gasteiger partial charge on any atom is -0.236 e. The summed E-state index contributed by atoms with van der Waals surface area (Å²) in [6, 6.07) is 12.8. The molecule has 0 amide bonds. The molecule has 1 aromatic heterocycles. The fourth-order valence-corrected chi connectivity index (χ4v) is 2.87. The molecule has 1 heterocycles. The molecule has 0 spiro atoms. The topological polar surface area (TPSA) is 12.9 Å². The molecule has 0 atom stereocenters. The summed E-state index contributed by atoms with van der Waals surface area (Å²) in [6.07, 6.45) is 0. The second kappa shape index (κ2) is 3.93. The second-order valence-corrected chi connectivity index (χ2v) is 5.00. The van der Waals surface area contributed by atoms with E-state index in [0.717, 1.165) is 15.2 Å². The molecule has 3 heteroatoms. The van der Waals surface area contributed by atoms with Crippen molar-refractivity contribution in [3.05, 3.63) is 53.8 Å². The first-order valence-corrected chi connectivity index (χ1v) is 6.18. The zero-order chi connectivity index (χ0) is 11.8. The summed E-state index contributed by atoms with van der Waals surface area (Å²) in [6.45, 7) is 2.04. The van der Waals surface area contributed by atoms with Crippen LogP contribution in [-0.2, 0) is 0 Å². The molecule has 0 radical (unpaired) electrons. The maximum Gasteiger partial charge on any atom is 0.133 e. The number of thiazole rings is 1. The zero-order valence-corrected chi connectivity index (χ0v) is 10.1. The van der Waals surface area contributed by atoms with E-state index in [1.54, 1.807) is 12.1 Å². The lowest BCUT2D eigenvalue weighted by Crippen LogP contribution is -1.81. The molecular formula is C14H10FNS. The summed E-state index contributed by atoms with van der Waals surface area (Å²) in [5.74, 6) is -0.219. The lowest BCUT2D eigenvalue weighted by Gasteiger charge is -1.96. The maximum atomic E-state index is 13.6. The van der Waals surface area contributed by atoms with Crippen LogP contribution in [-0.4, -0.2) is 4.98 Å². The predicted molar refractivity (Wildman–Crippen MR) is 69.8 cm³/mol. The fraction of sp³-hybridized carbons (Fsp3) is 0.0714. The molecule has 3 rings (SSSR count). The molecule has 17 heavy (non-hydrogen) atoms. The highest BCUT2D eigenvalue weighted by molar-refractivity contribution is 7.21. The highest BCUT2D eigenvalue weighted by atomic mass is 32.1. The van der Waals surface area contributed by atoms with E-state index in [1.165, 1.54) is 23.0 Å². The summed E-state index contributed by atoms with van der Waals surface area (Å²) in [5, 5.41) is 0.740. The molecule has 1 nitrogen and oxygen atoms in total. The van der Waals surface area contributed by atoms with Crippen LogP contribution in [0.1, 0.15) is 5.56 Å². The van der Waals surface area contributed by atoms with Gasteiger partial charge in [0.1, 0.15) is 10.8 Å². The van der Waals surface area contributed by atoms with Crippen molar-refractivity contribution < 1.29 is 4.39 Å². The van der Waals surface area contributed by atoms with Crippen LogP contribution >= 0.6 is 11.3 Å². The first kappa shape index (κ1) is 10.4.